The maximum absolute atomic E-state index is 3.20. The molecule has 0 N–H and O–H groups in total. The Morgan fingerprint density at radius 1 is 0.643 bits per heavy atom. The van der Waals surface area contributed by atoms with Crippen LogP contribution in [0.25, 0.3) is 21.9 Å². The van der Waals surface area contributed by atoms with Gasteiger partial charge in [-0.05, 0) is 35.1 Å². The van der Waals surface area contributed by atoms with Crippen LogP contribution in [0.1, 0.15) is 22.3 Å². The molecule has 2 radical (unpaired) electrons. The van der Waals surface area contributed by atoms with E-state index in [-0.39, 0.29) is 80.3 Å². The fraction of sp³-hybridized carbons (Fsp3) is 0.0769. The predicted molar refractivity (Wildman–Crippen MR) is 112 cm³/mol. The molecule has 0 aliphatic heterocycles. The first-order valence-electron chi connectivity index (χ1n) is 8.37. The quantitative estimate of drug-likeness (QED) is 0.237. The van der Waals surface area contributed by atoms with Crippen molar-refractivity contribution in [1.29, 1.82) is 0 Å². The van der Waals surface area contributed by atoms with Gasteiger partial charge in [-0.2, -0.15) is 48.5 Å². The summed E-state index contributed by atoms with van der Waals surface area (Å²) in [6.07, 6.45) is 2.01. The average molecular weight is 512 g/mol. The Hall–Kier alpha value is -0.652. The molecule has 0 unspecified atom stereocenters. The number of fused-ring (bicyclic) bond motifs is 4. The Morgan fingerprint density at radius 3 is 2.18 bits per heavy atom. The molecule has 28 heavy (non-hydrogen) atoms. The van der Waals surface area contributed by atoms with Gasteiger partial charge in [0.15, 0.2) is 0 Å². The summed E-state index contributed by atoms with van der Waals surface area (Å²) in [6.45, 7) is 0. The molecule has 0 aromatic heterocycles. The van der Waals surface area contributed by atoms with Gasteiger partial charge < -0.3 is 14.9 Å². The molecule has 0 bridgehead atoms. The van der Waals surface area contributed by atoms with Crippen molar-refractivity contribution in [3.05, 3.63) is 122 Å². The van der Waals surface area contributed by atoms with Crippen LogP contribution in [0, 0.1) is 27.0 Å². The molecule has 1 aliphatic carbocycles. The molecule has 1 aliphatic rings. The van der Waals surface area contributed by atoms with E-state index in [1.165, 1.54) is 44.2 Å². The minimum Gasteiger partial charge on any atom is -0.358 e. The summed E-state index contributed by atoms with van der Waals surface area (Å²) in [7, 11) is 0. The van der Waals surface area contributed by atoms with Gasteiger partial charge in [-0.3, -0.25) is 0 Å². The minimum absolute atomic E-state index is 0. The maximum atomic E-state index is 3.20. The molecule has 0 atom stereocenters. The van der Waals surface area contributed by atoms with Gasteiger partial charge >= 0.3 is 0 Å². The van der Waals surface area contributed by atoms with Crippen LogP contribution in [0.4, 0.5) is 0 Å². The summed E-state index contributed by atoms with van der Waals surface area (Å²) < 4.78 is 0. The van der Waals surface area contributed by atoms with Crippen LogP contribution in [0.5, 0.6) is 0 Å². The van der Waals surface area contributed by atoms with Crippen molar-refractivity contribution in [2.24, 2.45) is 0 Å². The molecule has 0 spiro atoms. The molecule has 136 valence electrons. The van der Waals surface area contributed by atoms with Crippen LogP contribution >= 0.6 is 0 Å². The van der Waals surface area contributed by atoms with Gasteiger partial charge in [0, 0.05) is 65.4 Å². The zero-order chi connectivity index (χ0) is 15.9. The first-order valence-corrected chi connectivity index (χ1v) is 8.37. The zero-order valence-electron chi connectivity index (χ0n) is 16.5. The van der Waals surface area contributed by atoms with Crippen LogP contribution in [0.15, 0.2) is 72.8 Å². The molecule has 5 rings (SSSR count). The van der Waals surface area contributed by atoms with E-state index in [1.807, 2.05) is 18.2 Å². The summed E-state index contributed by atoms with van der Waals surface area (Å²) in [5.41, 5.74) is 8.34. The van der Waals surface area contributed by atoms with Crippen LogP contribution in [0.3, 0.4) is 0 Å². The van der Waals surface area contributed by atoms with Gasteiger partial charge in [-0.25, -0.2) is 0 Å². The van der Waals surface area contributed by atoms with Crippen LogP contribution in [-0.4, -0.2) is 0 Å². The van der Waals surface area contributed by atoms with E-state index >= 15 is 0 Å². The van der Waals surface area contributed by atoms with Gasteiger partial charge in [-0.15, -0.1) is 28.0 Å². The normalized spacial score (nSPS) is 10.4. The number of benzene rings is 4. The monoisotopic (exact) mass is 512 g/mol. The molecular formula is C26H22Y2-4. The van der Waals surface area contributed by atoms with Crippen molar-refractivity contribution in [2.75, 3.05) is 0 Å². The first kappa shape index (κ1) is 25.4. The van der Waals surface area contributed by atoms with Crippen molar-refractivity contribution in [2.45, 2.75) is 12.8 Å². The van der Waals surface area contributed by atoms with Crippen LogP contribution in [0.2, 0.25) is 0 Å². The topological polar surface area (TPSA) is 0 Å². The third-order valence-corrected chi connectivity index (χ3v) is 4.95. The van der Waals surface area contributed by atoms with Gasteiger partial charge in [0.25, 0.3) is 0 Å². The van der Waals surface area contributed by atoms with Gasteiger partial charge in [0.05, 0.1) is 0 Å². The van der Waals surface area contributed by atoms with E-state index in [1.54, 1.807) is 0 Å². The second-order valence-electron chi connectivity index (χ2n) is 6.54. The predicted octanol–water partition coefficient (Wildman–Crippen LogP) is 6.50. The fourth-order valence-electron chi connectivity index (χ4n) is 3.77. The summed E-state index contributed by atoms with van der Waals surface area (Å²) in [4.78, 5) is 0. The summed E-state index contributed by atoms with van der Waals surface area (Å²) in [5.74, 6) is 0. The summed E-state index contributed by atoms with van der Waals surface area (Å²) in [6, 6.07) is 32.5. The fourth-order valence-corrected chi connectivity index (χ4v) is 3.77. The third kappa shape index (κ3) is 4.91. The van der Waals surface area contributed by atoms with Gasteiger partial charge in [-0.1, -0.05) is 30.3 Å². The van der Waals surface area contributed by atoms with E-state index in [0.717, 1.165) is 12.8 Å². The second kappa shape index (κ2) is 10.9. The molecular weight excluding hydrogens is 490 g/mol. The Morgan fingerprint density at radius 2 is 1.32 bits per heavy atom. The smallest absolute Gasteiger partial charge is 0 e. The Labute approximate surface area is 219 Å². The second-order valence-corrected chi connectivity index (χ2v) is 6.54. The standard InChI is InChI=1S/C24H16.2CH3.2Y/c1-2-6-20-14-17(9-11-19(20)5-1)13-18-10-12-24-22(15-18)16-21-7-3-4-8-23(21)24;;;;/h2,4-12,14-15H,13,16H2;2*1H3;;/q-2;2*-1;;. The van der Waals surface area contributed by atoms with Gasteiger partial charge in [0.1, 0.15) is 0 Å². The van der Waals surface area contributed by atoms with Crippen LogP contribution in [-0.2, 0) is 78.3 Å². The van der Waals surface area contributed by atoms with Crippen molar-refractivity contribution >= 4 is 10.8 Å². The molecule has 0 amide bonds. The van der Waals surface area contributed by atoms with Crippen molar-refractivity contribution in [1.82, 2.24) is 0 Å². The Bertz CT molecular complexity index is 1070. The molecule has 0 saturated carbocycles. The van der Waals surface area contributed by atoms with E-state index in [0.29, 0.717) is 0 Å². The molecule has 0 heterocycles. The molecule has 2 heteroatoms. The number of rotatable bonds is 2. The average Bonchev–Trinajstić information content (AvgIpc) is 2.99. The first-order chi connectivity index (χ1) is 11.9. The van der Waals surface area contributed by atoms with Gasteiger partial charge in [0.2, 0.25) is 0 Å². The van der Waals surface area contributed by atoms with Crippen LogP contribution < -0.4 is 0 Å². The number of hydrogen-bond donors (Lipinski definition) is 0. The summed E-state index contributed by atoms with van der Waals surface area (Å²) in [5, 5.41) is 2.54. The van der Waals surface area contributed by atoms with Crippen molar-refractivity contribution in [3.63, 3.8) is 0 Å². The SMILES string of the molecule is [CH3-].[CH3-].[Y].[Y].[c-]1ccc2c(c1)Cc1cc(Cc3ccc4c[c-]ccc4c3)ccc1-2. The largest absolute Gasteiger partial charge is 0.358 e. The van der Waals surface area contributed by atoms with E-state index < -0.39 is 0 Å². The Kier molecular flexibility index (Phi) is 9.91. The Balaban J connectivity index is 0.000000980. The summed E-state index contributed by atoms with van der Waals surface area (Å²) >= 11 is 0. The number of hydrogen-bond acceptors (Lipinski definition) is 0. The third-order valence-electron chi connectivity index (χ3n) is 4.95. The van der Waals surface area contributed by atoms with Crippen molar-refractivity contribution < 1.29 is 65.4 Å². The van der Waals surface area contributed by atoms with E-state index in [4.69, 9.17) is 0 Å². The maximum Gasteiger partial charge on any atom is 0 e. The van der Waals surface area contributed by atoms with E-state index in [9.17, 15) is 0 Å². The molecule has 4 aromatic rings. The zero-order valence-corrected chi connectivity index (χ0v) is 22.2. The minimum atomic E-state index is 0. The molecule has 4 aromatic carbocycles. The molecule has 0 saturated heterocycles. The van der Waals surface area contributed by atoms with E-state index in [2.05, 4.69) is 66.7 Å². The van der Waals surface area contributed by atoms with Crippen molar-refractivity contribution in [3.8, 4) is 11.1 Å². The molecule has 0 fully saturated rings. The molecule has 0 nitrogen and oxygen atoms in total.